The molecule has 6 nitrogen and oxygen atoms in total. The van der Waals surface area contributed by atoms with E-state index in [1.54, 1.807) is 24.3 Å². The summed E-state index contributed by atoms with van der Waals surface area (Å²) in [5.41, 5.74) is 1.95. The van der Waals surface area contributed by atoms with Crippen LogP contribution in [-0.2, 0) is 11.3 Å². The standard InChI is InChI=1S/C28H20O6/c29-26(32-19-20-7-3-1-4-8-20)22-11-15-24(16-12-22)34-28(31)23-13-17-25(18-14-23)33-27(30)21-9-5-2-6-10-21/h1-18H,19H2. The highest BCUT2D eigenvalue weighted by molar-refractivity contribution is 5.93. The van der Waals surface area contributed by atoms with E-state index in [-0.39, 0.29) is 17.9 Å². The quantitative estimate of drug-likeness (QED) is 0.273. The van der Waals surface area contributed by atoms with Crippen molar-refractivity contribution >= 4 is 17.9 Å². The van der Waals surface area contributed by atoms with Gasteiger partial charge in [-0.1, -0.05) is 48.5 Å². The second-order valence-corrected chi connectivity index (χ2v) is 7.26. The highest BCUT2D eigenvalue weighted by atomic mass is 16.5. The largest absolute Gasteiger partial charge is 0.457 e. The molecule has 0 amide bonds. The van der Waals surface area contributed by atoms with E-state index >= 15 is 0 Å². The first-order valence-corrected chi connectivity index (χ1v) is 10.5. The zero-order chi connectivity index (χ0) is 23.8. The topological polar surface area (TPSA) is 78.9 Å². The smallest absolute Gasteiger partial charge is 0.343 e. The zero-order valence-corrected chi connectivity index (χ0v) is 18.0. The molecule has 168 valence electrons. The van der Waals surface area contributed by atoms with Gasteiger partial charge in [-0.15, -0.1) is 0 Å². The predicted molar refractivity (Wildman–Crippen MR) is 125 cm³/mol. The van der Waals surface area contributed by atoms with Gasteiger partial charge in [-0.05, 0) is 66.2 Å². The summed E-state index contributed by atoms with van der Waals surface area (Å²) in [6.07, 6.45) is 0. The lowest BCUT2D eigenvalue weighted by Gasteiger charge is -2.08. The van der Waals surface area contributed by atoms with Crippen molar-refractivity contribution in [3.05, 3.63) is 131 Å². The van der Waals surface area contributed by atoms with Gasteiger partial charge in [0.05, 0.1) is 16.7 Å². The number of hydrogen-bond donors (Lipinski definition) is 0. The fourth-order valence-corrected chi connectivity index (χ4v) is 3.03. The van der Waals surface area contributed by atoms with Gasteiger partial charge in [0.25, 0.3) is 0 Å². The van der Waals surface area contributed by atoms with Crippen LogP contribution in [-0.4, -0.2) is 17.9 Å². The van der Waals surface area contributed by atoms with Gasteiger partial charge in [0, 0.05) is 0 Å². The molecule has 0 fully saturated rings. The first-order valence-electron chi connectivity index (χ1n) is 10.5. The van der Waals surface area contributed by atoms with Crippen LogP contribution in [0.2, 0.25) is 0 Å². The molecular weight excluding hydrogens is 432 g/mol. The minimum absolute atomic E-state index is 0.174. The maximum absolute atomic E-state index is 12.4. The Kier molecular flexibility index (Phi) is 7.10. The van der Waals surface area contributed by atoms with Crippen LogP contribution in [0.15, 0.2) is 109 Å². The van der Waals surface area contributed by atoms with Crippen molar-refractivity contribution in [2.24, 2.45) is 0 Å². The maximum atomic E-state index is 12.4. The molecule has 6 heteroatoms. The number of carbonyl (C=O) groups is 3. The number of esters is 3. The molecule has 0 spiro atoms. The molecule has 0 aliphatic carbocycles. The molecule has 0 saturated carbocycles. The van der Waals surface area contributed by atoms with E-state index in [1.807, 2.05) is 36.4 Å². The minimum Gasteiger partial charge on any atom is -0.457 e. The molecule has 0 aliphatic heterocycles. The van der Waals surface area contributed by atoms with E-state index in [1.165, 1.54) is 48.5 Å². The lowest BCUT2D eigenvalue weighted by molar-refractivity contribution is 0.0472. The molecular formula is C28H20O6. The lowest BCUT2D eigenvalue weighted by atomic mass is 10.2. The summed E-state index contributed by atoms with van der Waals surface area (Å²) in [7, 11) is 0. The van der Waals surface area contributed by atoms with Crippen LogP contribution < -0.4 is 9.47 Å². The van der Waals surface area contributed by atoms with E-state index in [9.17, 15) is 14.4 Å². The summed E-state index contributed by atoms with van der Waals surface area (Å²) in [5.74, 6) is -0.950. The van der Waals surface area contributed by atoms with E-state index in [4.69, 9.17) is 14.2 Å². The number of carbonyl (C=O) groups excluding carboxylic acids is 3. The van der Waals surface area contributed by atoms with Gasteiger partial charge in [-0.2, -0.15) is 0 Å². The molecule has 0 atom stereocenters. The molecule has 4 rings (SSSR count). The molecule has 0 saturated heterocycles. The van der Waals surface area contributed by atoms with Crippen molar-refractivity contribution in [2.45, 2.75) is 6.61 Å². The Labute approximate surface area is 196 Å². The Balaban J connectivity index is 1.31. The summed E-state index contributed by atoms with van der Waals surface area (Å²) in [6.45, 7) is 0.174. The normalized spacial score (nSPS) is 10.2. The number of ether oxygens (including phenoxy) is 3. The van der Waals surface area contributed by atoms with Crippen LogP contribution in [0.25, 0.3) is 0 Å². The summed E-state index contributed by atoms with van der Waals surface area (Å²) >= 11 is 0. The molecule has 0 unspecified atom stereocenters. The molecule has 0 bridgehead atoms. The molecule has 0 N–H and O–H groups in total. The monoisotopic (exact) mass is 452 g/mol. The third-order valence-electron chi connectivity index (χ3n) is 4.82. The summed E-state index contributed by atoms with van der Waals surface area (Å²) < 4.78 is 15.9. The first kappa shape index (κ1) is 22.5. The molecule has 0 radical (unpaired) electrons. The van der Waals surface area contributed by atoms with E-state index in [0.29, 0.717) is 16.9 Å². The van der Waals surface area contributed by atoms with Gasteiger partial charge in [-0.25, -0.2) is 14.4 Å². The fraction of sp³-hybridized carbons (Fsp3) is 0.0357. The Bertz CT molecular complexity index is 1260. The average Bonchev–Trinajstić information content (AvgIpc) is 2.89. The van der Waals surface area contributed by atoms with E-state index < -0.39 is 17.9 Å². The summed E-state index contributed by atoms with van der Waals surface area (Å²) in [4.78, 5) is 36.7. The SMILES string of the molecule is O=C(OCc1ccccc1)c1ccc(OC(=O)c2ccc(OC(=O)c3ccccc3)cc2)cc1. The number of benzene rings is 4. The third-order valence-corrected chi connectivity index (χ3v) is 4.82. The van der Waals surface area contributed by atoms with Crippen molar-refractivity contribution in [2.75, 3.05) is 0 Å². The van der Waals surface area contributed by atoms with Crippen LogP contribution in [0.5, 0.6) is 11.5 Å². The summed E-state index contributed by atoms with van der Waals surface area (Å²) in [6, 6.07) is 30.1. The lowest BCUT2D eigenvalue weighted by Crippen LogP contribution is -2.10. The molecule has 0 aromatic heterocycles. The van der Waals surface area contributed by atoms with Gasteiger partial charge < -0.3 is 14.2 Å². The molecule has 4 aromatic rings. The maximum Gasteiger partial charge on any atom is 0.343 e. The number of rotatable bonds is 7. The second-order valence-electron chi connectivity index (χ2n) is 7.26. The van der Waals surface area contributed by atoms with Crippen molar-refractivity contribution in [3.63, 3.8) is 0 Å². The van der Waals surface area contributed by atoms with Crippen LogP contribution in [0.3, 0.4) is 0 Å². The number of hydrogen-bond acceptors (Lipinski definition) is 6. The molecule has 34 heavy (non-hydrogen) atoms. The zero-order valence-electron chi connectivity index (χ0n) is 18.0. The van der Waals surface area contributed by atoms with Crippen LogP contribution >= 0.6 is 0 Å². The third kappa shape index (κ3) is 5.95. The Morgan fingerprint density at radius 1 is 0.471 bits per heavy atom. The van der Waals surface area contributed by atoms with Gasteiger partial charge >= 0.3 is 17.9 Å². The van der Waals surface area contributed by atoms with Crippen molar-refractivity contribution in [1.82, 2.24) is 0 Å². The Morgan fingerprint density at radius 3 is 1.38 bits per heavy atom. The van der Waals surface area contributed by atoms with Gasteiger partial charge in [0.15, 0.2) is 0 Å². The molecule has 0 aliphatic rings. The highest BCUT2D eigenvalue weighted by Crippen LogP contribution is 2.18. The van der Waals surface area contributed by atoms with Crippen LogP contribution in [0.1, 0.15) is 36.6 Å². The average molecular weight is 452 g/mol. The van der Waals surface area contributed by atoms with E-state index in [2.05, 4.69) is 0 Å². The highest BCUT2D eigenvalue weighted by Gasteiger charge is 2.13. The van der Waals surface area contributed by atoms with Crippen LogP contribution in [0.4, 0.5) is 0 Å². The molecule has 0 heterocycles. The van der Waals surface area contributed by atoms with E-state index in [0.717, 1.165) is 5.56 Å². The Morgan fingerprint density at radius 2 is 0.882 bits per heavy atom. The predicted octanol–water partition coefficient (Wildman–Crippen LogP) is 5.48. The van der Waals surface area contributed by atoms with Crippen molar-refractivity contribution in [3.8, 4) is 11.5 Å². The summed E-state index contributed by atoms with van der Waals surface area (Å²) in [5, 5.41) is 0. The second kappa shape index (κ2) is 10.7. The van der Waals surface area contributed by atoms with Crippen molar-refractivity contribution < 1.29 is 28.6 Å². The van der Waals surface area contributed by atoms with Crippen LogP contribution in [0, 0.1) is 0 Å². The Hall–Kier alpha value is -4.71. The fourth-order valence-electron chi connectivity index (χ4n) is 3.03. The minimum atomic E-state index is -0.583. The van der Waals surface area contributed by atoms with Gasteiger partial charge in [0.2, 0.25) is 0 Å². The van der Waals surface area contributed by atoms with Gasteiger partial charge in [0.1, 0.15) is 18.1 Å². The van der Waals surface area contributed by atoms with Gasteiger partial charge in [-0.3, -0.25) is 0 Å². The van der Waals surface area contributed by atoms with Crippen molar-refractivity contribution in [1.29, 1.82) is 0 Å². The molecule has 4 aromatic carbocycles. The first-order chi connectivity index (χ1) is 16.6.